The molecule has 0 bridgehead atoms. The Hall–Kier alpha value is -2.27. The van der Waals surface area contributed by atoms with Gasteiger partial charge in [-0.25, -0.2) is 8.42 Å². The van der Waals surface area contributed by atoms with E-state index in [0.29, 0.717) is 10.7 Å². The second kappa shape index (κ2) is 6.01. The maximum atomic E-state index is 12.3. The lowest BCUT2D eigenvalue weighted by atomic mass is 10.2. The molecule has 0 spiro atoms. The molecule has 0 aliphatic rings. The van der Waals surface area contributed by atoms with Crippen LogP contribution in [0.1, 0.15) is 5.56 Å². The molecule has 0 aliphatic carbocycles. The number of rotatable bonds is 4. The molecule has 0 aromatic heterocycles. The van der Waals surface area contributed by atoms with Gasteiger partial charge < -0.3 is 5.43 Å². The van der Waals surface area contributed by atoms with E-state index in [1.165, 1.54) is 42.5 Å². The number of benzene rings is 2. The third-order valence-electron chi connectivity index (χ3n) is 2.68. The molecule has 21 heavy (non-hydrogen) atoms. The van der Waals surface area contributed by atoms with E-state index in [1.807, 2.05) is 6.07 Å². The minimum absolute atomic E-state index is 0.0466. The first kappa shape index (κ1) is 15.1. The summed E-state index contributed by atoms with van der Waals surface area (Å²) < 4.78 is 26.9. The fourth-order valence-corrected chi connectivity index (χ4v) is 2.88. The highest BCUT2D eigenvalue weighted by atomic mass is 35.5. The van der Waals surface area contributed by atoms with Crippen LogP contribution in [0.3, 0.4) is 0 Å². The first-order valence-corrected chi connectivity index (χ1v) is 7.61. The number of hydrogen-bond acceptors (Lipinski definition) is 5. The van der Waals surface area contributed by atoms with Crippen molar-refractivity contribution in [1.82, 2.24) is 0 Å². The standard InChI is InChI=1S/C13H11ClN4O2S/c14-10-2-1-9(8-15)13(7-10)18-21(19,20)12-5-3-11(17-16)4-6-12/h1-7,17-18H,16H2. The van der Waals surface area contributed by atoms with Gasteiger partial charge in [0, 0.05) is 10.7 Å². The number of nitrogens with zero attached hydrogens (tertiary/aromatic N) is 1. The zero-order chi connectivity index (χ0) is 15.5. The summed E-state index contributed by atoms with van der Waals surface area (Å²) in [7, 11) is -3.82. The summed E-state index contributed by atoms with van der Waals surface area (Å²) in [5.41, 5.74) is 3.30. The van der Waals surface area contributed by atoms with Crippen LogP contribution in [0.25, 0.3) is 0 Å². The molecule has 0 fully saturated rings. The van der Waals surface area contributed by atoms with Gasteiger partial charge in [-0.1, -0.05) is 11.6 Å². The number of nitrogen functional groups attached to an aromatic ring is 1. The molecule has 4 N–H and O–H groups in total. The smallest absolute Gasteiger partial charge is 0.261 e. The van der Waals surface area contributed by atoms with E-state index in [9.17, 15) is 8.42 Å². The molecule has 0 unspecified atom stereocenters. The zero-order valence-corrected chi connectivity index (χ0v) is 12.2. The van der Waals surface area contributed by atoms with Crippen molar-refractivity contribution < 1.29 is 8.42 Å². The van der Waals surface area contributed by atoms with Crippen LogP contribution in [0, 0.1) is 11.3 Å². The fraction of sp³-hybridized carbons (Fsp3) is 0. The van der Waals surface area contributed by atoms with Crippen LogP contribution in [-0.2, 0) is 10.0 Å². The van der Waals surface area contributed by atoms with E-state index in [1.54, 1.807) is 0 Å². The van der Waals surface area contributed by atoms with Gasteiger partial charge in [0.15, 0.2) is 0 Å². The van der Waals surface area contributed by atoms with Gasteiger partial charge in [-0.3, -0.25) is 10.6 Å². The van der Waals surface area contributed by atoms with Crippen molar-refractivity contribution in [3.05, 3.63) is 53.1 Å². The minimum atomic E-state index is -3.82. The van der Waals surface area contributed by atoms with Crippen LogP contribution in [0.5, 0.6) is 0 Å². The number of halogens is 1. The summed E-state index contributed by atoms with van der Waals surface area (Å²) in [5.74, 6) is 5.22. The summed E-state index contributed by atoms with van der Waals surface area (Å²) in [5, 5.41) is 9.32. The van der Waals surface area contributed by atoms with Gasteiger partial charge in [0.1, 0.15) is 6.07 Å². The Balaban J connectivity index is 2.37. The number of nitrogens with two attached hydrogens (primary N) is 1. The van der Waals surface area contributed by atoms with Crippen LogP contribution in [0.15, 0.2) is 47.4 Å². The Morgan fingerprint density at radius 1 is 1.14 bits per heavy atom. The van der Waals surface area contributed by atoms with Gasteiger partial charge in [0.05, 0.1) is 16.1 Å². The molecule has 2 aromatic rings. The number of anilines is 2. The molecule has 0 saturated carbocycles. The van der Waals surface area contributed by atoms with E-state index >= 15 is 0 Å². The van der Waals surface area contributed by atoms with Crippen molar-refractivity contribution in [3.63, 3.8) is 0 Å². The summed E-state index contributed by atoms with van der Waals surface area (Å²) in [6.45, 7) is 0. The fourth-order valence-electron chi connectivity index (χ4n) is 1.63. The van der Waals surface area contributed by atoms with Crippen molar-refractivity contribution in [1.29, 1.82) is 5.26 Å². The summed E-state index contributed by atoms with van der Waals surface area (Å²) >= 11 is 5.82. The molecule has 0 heterocycles. The lowest BCUT2D eigenvalue weighted by Crippen LogP contribution is -2.14. The molecular formula is C13H11ClN4O2S. The maximum Gasteiger partial charge on any atom is 0.261 e. The minimum Gasteiger partial charge on any atom is -0.324 e. The number of hydrogen-bond donors (Lipinski definition) is 3. The summed E-state index contributed by atoms with van der Waals surface area (Å²) in [6.07, 6.45) is 0. The van der Waals surface area contributed by atoms with Crippen molar-refractivity contribution >= 4 is 33.0 Å². The molecule has 0 saturated heterocycles. The van der Waals surface area contributed by atoms with Crippen molar-refractivity contribution in [2.24, 2.45) is 5.84 Å². The Bertz CT molecular complexity index is 798. The van der Waals surface area contributed by atoms with Gasteiger partial charge >= 0.3 is 0 Å². The SMILES string of the molecule is N#Cc1ccc(Cl)cc1NS(=O)(=O)c1ccc(NN)cc1. The molecule has 0 amide bonds. The van der Waals surface area contributed by atoms with Gasteiger partial charge in [-0.05, 0) is 42.5 Å². The predicted molar refractivity (Wildman–Crippen MR) is 81.2 cm³/mol. The molecule has 0 atom stereocenters. The maximum absolute atomic E-state index is 12.3. The monoisotopic (exact) mass is 322 g/mol. The Morgan fingerprint density at radius 3 is 2.38 bits per heavy atom. The van der Waals surface area contributed by atoms with E-state index in [2.05, 4.69) is 10.1 Å². The normalized spacial score (nSPS) is 10.7. The van der Waals surface area contributed by atoms with Crippen molar-refractivity contribution in [2.75, 3.05) is 10.1 Å². The molecule has 8 heteroatoms. The number of hydrazine groups is 1. The van der Waals surface area contributed by atoms with Crippen molar-refractivity contribution in [3.8, 4) is 6.07 Å². The number of sulfonamides is 1. The van der Waals surface area contributed by atoms with Crippen LogP contribution in [0.2, 0.25) is 5.02 Å². The molecule has 6 nitrogen and oxygen atoms in total. The molecular weight excluding hydrogens is 312 g/mol. The van der Waals surface area contributed by atoms with E-state index in [0.717, 1.165) is 0 Å². The molecule has 2 rings (SSSR count). The second-order valence-corrected chi connectivity index (χ2v) is 6.19. The molecule has 0 aliphatic heterocycles. The highest BCUT2D eigenvalue weighted by molar-refractivity contribution is 7.92. The molecule has 0 radical (unpaired) electrons. The predicted octanol–water partition coefficient (Wildman–Crippen LogP) is 2.30. The van der Waals surface area contributed by atoms with Gasteiger partial charge in [-0.2, -0.15) is 5.26 Å². The van der Waals surface area contributed by atoms with Crippen LogP contribution in [0.4, 0.5) is 11.4 Å². The first-order valence-electron chi connectivity index (χ1n) is 5.75. The lowest BCUT2D eigenvalue weighted by Gasteiger charge is -2.10. The Labute approximate surface area is 127 Å². The zero-order valence-electron chi connectivity index (χ0n) is 10.7. The molecule has 108 valence electrons. The summed E-state index contributed by atoms with van der Waals surface area (Å²) in [6, 6.07) is 12.1. The Kier molecular flexibility index (Phi) is 4.33. The topological polar surface area (TPSA) is 108 Å². The van der Waals surface area contributed by atoms with E-state index < -0.39 is 10.0 Å². The van der Waals surface area contributed by atoms with Crippen LogP contribution >= 0.6 is 11.6 Å². The number of nitrogens with one attached hydrogen (secondary N) is 2. The number of nitriles is 1. The Morgan fingerprint density at radius 2 is 1.81 bits per heavy atom. The average molecular weight is 323 g/mol. The third kappa shape index (κ3) is 3.44. The van der Waals surface area contributed by atoms with Gasteiger partial charge in [0.2, 0.25) is 0 Å². The van der Waals surface area contributed by atoms with E-state index in [-0.39, 0.29) is 16.1 Å². The third-order valence-corrected chi connectivity index (χ3v) is 4.29. The first-order chi connectivity index (χ1) is 9.96. The quantitative estimate of drug-likeness (QED) is 0.591. The highest BCUT2D eigenvalue weighted by Crippen LogP contribution is 2.24. The second-order valence-electron chi connectivity index (χ2n) is 4.08. The van der Waals surface area contributed by atoms with E-state index in [4.69, 9.17) is 22.7 Å². The highest BCUT2D eigenvalue weighted by Gasteiger charge is 2.16. The van der Waals surface area contributed by atoms with Gasteiger partial charge in [-0.15, -0.1) is 0 Å². The lowest BCUT2D eigenvalue weighted by molar-refractivity contribution is 0.601. The largest absolute Gasteiger partial charge is 0.324 e. The van der Waals surface area contributed by atoms with Crippen LogP contribution < -0.4 is 16.0 Å². The average Bonchev–Trinajstić information content (AvgIpc) is 2.47. The van der Waals surface area contributed by atoms with Gasteiger partial charge in [0.25, 0.3) is 10.0 Å². The van der Waals surface area contributed by atoms with Crippen molar-refractivity contribution in [2.45, 2.75) is 4.90 Å². The van der Waals surface area contributed by atoms with Crippen LogP contribution in [-0.4, -0.2) is 8.42 Å². The summed E-state index contributed by atoms with van der Waals surface area (Å²) in [4.78, 5) is 0.0466. The molecule has 2 aromatic carbocycles.